The van der Waals surface area contributed by atoms with Gasteiger partial charge in [0.2, 0.25) is 0 Å². The van der Waals surface area contributed by atoms with Gasteiger partial charge in [0.1, 0.15) is 0 Å². The summed E-state index contributed by atoms with van der Waals surface area (Å²) in [6.45, 7) is 8.87. The summed E-state index contributed by atoms with van der Waals surface area (Å²) < 4.78 is 5.26. The van der Waals surface area contributed by atoms with Crippen LogP contribution in [0.5, 0.6) is 0 Å². The van der Waals surface area contributed by atoms with Crippen molar-refractivity contribution in [3.8, 4) is 0 Å². The fourth-order valence-corrected chi connectivity index (χ4v) is 2.55. The lowest BCUT2D eigenvalue weighted by Gasteiger charge is -2.22. The lowest BCUT2D eigenvalue weighted by atomic mass is 9.87. The van der Waals surface area contributed by atoms with Crippen LogP contribution in [0.25, 0.3) is 0 Å². The van der Waals surface area contributed by atoms with Crippen molar-refractivity contribution in [1.29, 1.82) is 0 Å². The molecule has 0 N–H and O–H groups in total. The quantitative estimate of drug-likeness (QED) is 0.279. The topological polar surface area (TPSA) is 26.3 Å². The highest BCUT2D eigenvalue weighted by Crippen LogP contribution is 2.26. The number of ether oxygens (including phenoxy) is 1. The van der Waals surface area contributed by atoms with Crippen molar-refractivity contribution in [2.24, 2.45) is 5.41 Å². The lowest BCUT2D eigenvalue weighted by molar-refractivity contribution is -0.154. The van der Waals surface area contributed by atoms with E-state index in [-0.39, 0.29) is 11.4 Å². The Kier molecular flexibility index (Phi) is 12.8. The second-order valence-electron chi connectivity index (χ2n) is 6.95. The number of unbranched alkanes of at least 4 members (excludes halogenated alkanes) is 9. The molecule has 0 atom stereocenters. The van der Waals surface area contributed by atoms with Gasteiger partial charge in [-0.05, 0) is 26.7 Å². The summed E-state index contributed by atoms with van der Waals surface area (Å²) in [6, 6.07) is 0. The highest BCUT2D eigenvalue weighted by molar-refractivity contribution is 5.75. The fourth-order valence-electron chi connectivity index (χ4n) is 2.55. The normalized spacial score (nSPS) is 11.6. The largest absolute Gasteiger partial charge is 0.465 e. The summed E-state index contributed by atoms with van der Waals surface area (Å²) in [5.41, 5.74) is -0.310. The Morgan fingerprint density at radius 1 is 0.762 bits per heavy atom. The lowest BCUT2D eigenvalue weighted by Crippen LogP contribution is -2.26. The smallest absolute Gasteiger partial charge is 0.311 e. The van der Waals surface area contributed by atoms with Gasteiger partial charge in [-0.15, -0.1) is 0 Å². The van der Waals surface area contributed by atoms with E-state index in [0.29, 0.717) is 6.61 Å². The molecule has 0 unspecified atom stereocenters. The van der Waals surface area contributed by atoms with Crippen LogP contribution < -0.4 is 0 Å². The van der Waals surface area contributed by atoms with Crippen LogP contribution in [0.15, 0.2) is 0 Å². The monoisotopic (exact) mass is 298 g/mol. The van der Waals surface area contributed by atoms with Gasteiger partial charge in [0, 0.05) is 0 Å². The van der Waals surface area contributed by atoms with Crippen LogP contribution in [0.2, 0.25) is 0 Å². The molecule has 21 heavy (non-hydrogen) atoms. The van der Waals surface area contributed by atoms with E-state index in [1.807, 2.05) is 20.8 Å². The van der Waals surface area contributed by atoms with Gasteiger partial charge in [-0.25, -0.2) is 0 Å². The Hall–Kier alpha value is -0.530. The van der Waals surface area contributed by atoms with Crippen molar-refractivity contribution in [2.75, 3.05) is 6.61 Å². The second kappa shape index (κ2) is 13.2. The first kappa shape index (κ1) is 20.5. The van der Waals surface area contributed by atoms with Gasteiger partial charge < -0.3 is 4.74 Å². The number of hydrogen-bond acceptors (Lipinski definition) is 2. The van der Waals surface area contributed by atoms with Gasteiger partial charge in [-0.1, -0.05) is 78.1 Å². The molecule has 0 fully saturated rings. The van der Waals surface area contributed by atoms with Crippen LogP contribution in [0.4, 0.5) is 0 Å². The molecule has 0 saturated heterocycles. The molecule has 0 aliphatic rings. The Labute approximate surface area is 133 Å². The summed E-state index contributed by atoms with van der Waals surface area (Å²) in [6.07, 6.45) is 15.2. The van der Waals surface area contributed by atoms with Gasteiger partial charge in [-0.3, -0.25) is 4.79 Å². The Balaban J connectivity index is 3.46. The maximum atomic E-state index is 11.9. The molecule has 0 amide bonds. The average molecular weight is 299 g/mol. The molecule has 2 nitrogen and oxygen atoms in total. The predicted molar refractivity (Wildman–Crippen MR) is 91.5 cm³/mol. The molecule has 0 saturated carbocycles. The molecule has 0 aliphatic carbocycles. The van der Waals surface area contributed by atoms with Crippen LogP contribution in [-0.4, -0.2) is 12.6 Å². The molecule has 0 heterocycles. The van der Waals surface area contributed by atoms with Crippen LogP contribution in [0, 0.1) is 5.41 Å². The summed E-state index contributed by atoms with van der Waals surface area (Å²) in [5.74, 6) is -0.0275. The van der Waals surface area contributed by atoms with Crippen molar-refractivity contribution >= 4 is 5.97 Å². The van der Waals surface area contributed by atoms with Crippen LogP contribution in [0.1, 0.15) is 105 Å². The average Bonchev–Trinajstić information content (AvgIpc) is 2.46. The number of carbonyl (C=O) groups excluding carboxylic acids is 1. The Morgan fingerprint density at radius 3 is 1.71 bits per heavy atom. The SMILES string of the molecule is CCCCCCCCCCCCC(C)(C)C(=O)OCCC. The first-order valence-corrected chi connectivity index (χ1v) is 9.21. The van der Waals surface area contributed by atoms with E-state index < -0.39 is 0 Å². The minimum absolute atomic E-state index is 0.0275. The first-order valence-electron chi connectivity index (χ1n) is 9.21. The molecule has 0 radical (unpaired) electrons. The zero-order valence-corrected chi connectivity index (χ0v) is 15.0. The van der Waals surface area contributed by atoms with E-state index in [1.165, 1.54) is 57.8 Å². The molecule has 0 aromatic carbocycles. The molecule has 0 aromatic heterocycles. The third kappa shape index (κ3) is 11.8. The maximum absolute atomic E-state index is 11.9. The van der Waals surface area contributed by atoms with E-state index in [4.69, 9.17) is 4.74 Å². The van der Waals surface area contributed by atoms with Gasteiger partial charge in [0.05, 0.1) is 12.0 Å². The van der Waals surface area contributed by atoms with Crippen molar-refractivity contribution < 1.29 is 9.53 Å². The van der Waals surface area contributed by atoms with Crippen molar-refractivity contribution in [2.45, 2.75) is 105 Å². The first-order chi connectivity index (χ1) is 10.0. The molecule has 0 aliphatic heterocycles. The molecule has 126 valence electrons. The van der Waals surface area contributed by atoms with Gasteiger partial charge in [0.15, 0.2) is 0 Å². The van der Waals surface area contributed by atoms with E-state index in [2.05, 4.69) is 6.92 Å². The van der Waals surface area contributed by atoms with Crippen LogP contribution >= 0.6 is 0 Å². The highest BCUT2D eigenvalue weighted by Gasteiger charge is 2.28. The number of rotatable bonds is 14. The molecule has 0 rings (SSSR count). The van der Waals surface area contributed by atoms with E-state index in [1.54, 1.807) is 0 Å². The second-order valence-corrected chi connectivity index (χ2v) is 6.95. The minimum atomic E-state index is -0.310. The minimum Gasteiger partial charge on any atom is -0.465 e. The van der Waals surface area contributed by atoms with Crippen molar-refractivity contribution in [3.63, 3.8) is 0 Å². The molecule has 0 spiro atoms. The van der Waals surface area contributed by atoms with E-state index in [9.17, 15) is 4.79 Å². The molecule has 2 heteroatoms. The number of esters is 1. The Bertz CT molecular complexity index is 246. The third-order valence-electron chi connectivity index (χ3n) is 4.15. The van der Waals surface area contributed by atoms with E-state index >= 15 is 0 Å². The molecular weight excluding hydrogens is 260 g/mol. The van der Waals surface area contributed by atoms with Gasteiger partial charge in [0.25, 0.3) is 0 Å². The molecule has 0 aromatic rings. The van der Waals surface area contributed by atoms with E-state index in [0.717, 1.165) is 19.3 Å². The van der Waals surface area contributed by atoms with Crippen molar-refractivity contribution in [1.82, 2.24) is 0 Å². The highest BCUT2D eigenvalue weighted by atomic mass is 16.5. The zero-order valence-electron chi connectivity index (χ0n) is 15.0. The maximum Gasteiger partial charge on any atom is 0.311 e. The van der Waals surface area contributed by atoms with Crippen LogP contribution in [-0.2, 0) is 9.53 Å². The third-order valence-corrected chi connectivity index (χ3v) is 4.15. The summed E-state index contributed by atoms with van der Waals surface area (Å²) in [5, 5.41) is 0. The summed E-state index contributed by atoms with van der Waals surface area (Å²) in [7, 11) is 0. The molecule has 0 bridgehead atoms. The fraction of sp³-hybridized carbons (Fsp3) is 0.947. The number of carbonyl (C=O) groups is 1. The predicted octanol–water partition coefficient (Wildman–Crippen LogP) is 6.28. The van der Waals surface area contributed by atoms with Crippen LogP contribution in [0.3, 0.4) is 0 Å². The van der Waals surface area contributed by atoms with Crippen molar-refractivity contribution in [3.05, 3.63) is 0 Å². The number of hydrogen-bond donors (Lipinski definition) is 0. The standard InChI is InChI=1S/C19H38O2/c1-5-7-8-9-10-11-12-13-14-15-16-19(3,4)18(20)21-17-6-2/h5-17H2,1-4H3. The Morgan fingerprint density at radius 2 is 1.24 bits per heavy atom. The summed E-state index contributed by atoms with van der Waals surface area (Å²) >= 11 is 0. The zero-order chi connectivity index (χ0) is 16.0. The summed E-state index contributed by atoms with van der Waals surface area (Å²) in [4.78, 5) is 11.9. The van der Waals surface area contributed by atoms with Gasteiger partial charge in [-0.2, -0.15) is 0 Å². The van der Waals surface area contributed by atoms with Gasteiger partial charge >= 0.3 is 5.97 Å². The molecular formula is C19H38O2.